The quantitative estimate of drug-likeness (QED) is 0.603. The first-order valence-corrected chi connectivity index (χ1v) is 7.21. The van der Waals surface area contributed by atoms with E-state index in [1.807, 2.05) is 0 Å². The number of benzene rings is 1. The van der Waals surface area contributed by atoms with E-state index in [4.69, 9.17) is 9.47 Å². The molecule has 0 radical (unpaired) electrons. The number of thioether (sulfide) groups is 1. The van der Waals surface area contributed by atoms with Crippen molar-refractivity contribution in [2.75, 3.05) is 25.3 Å². The average Bonchev–Trinajstić information content (AvgIpc) is 2.83. The third kappa shape index (κ3) is 3.61. The Morgan fingerprint density at radius 2 is 2.23 bits per heavy atom. The zero-order valence-electron chi connectivity index (χ0n) is 12.3. The SMILES string of the molecule is COc1ccc(OC)c(NC(=O)CSc2c([O-])on[n+]2C)c1. The summed E-state index contributed by atoms with van der Waals surface area (Å²) >= 11 is 1.04. The number of aromatic nitrogens is 2. The Labute approximate surface area is 131 Å². The lowest BCUT2D eigenvalue weighted by Crippen LogP contribution is -2.32. The number of hydrogen-bond acceptors (Lipinski definition) is 7. The lowest BCUT2D eigenvalue weighted by atomic mass is 10.2. The second-order valence-electron chi connectivity index (χ2n) is 4.19. The summed E-state index contributed by atoms with van der Waals surface area (Å²) in [6.07, 6.45) is 0. The van der Waals surface area contributed by atoms with E-state index in [-0.39, 0.29) is 16.7 Å². The molecule has 0 aliphatic carbocycles. The largest absolute Gasteiger partial charge is 0.538 e. The zero-order valence-corrected chi connectivity index (χ0v) is 13.1. The lowest BCUT2D eigenvalue weighted by molar-refractivity contribution is -0.772. The van der Waals surface area contributed by atoms with E-state index in [1.54, 1.807) is 25.2 Å². The minimum Gasteiger partial charge on any atom is -0.538 e. The van der Waals surface area contributed by atoms with Gasteiger partial charge in [0.15, 0.2) is 13.0 Å². The third-order valence-corrected chi connectivity index (χ3v) is 3.85. The molecule has 0 bridgehead atoms. The molecule has 2 rings (SSSR count). The fraction of sp³-hybridized carbons (Fsp3) is 0.308. The number of methoxy groups -OCH3 is 2. The second kappa shape index (κ2) is 7.03. The summed E-state index contributed by atoms with van der Waals surface area (Å²) in [4.78, 5) is 12.0. The van der Waals surface area contributed by atoms with Gasteiger partial charge in [-0.1, -0.05) is 4.68 Å². The predicted octanol–water partition coefficient (Wildman–Crippen LogP) is 0.321. The van der Waals surface area contributed by atoms with Gasteiger partial charge in [-0.25, -0.2) is 0 Å². The van der Waals surface area contributed by atoms with Crippen LogP contribution in [-0.2, 0) is 11.8 Å². The van der Waals surface area contributed by atoms with Crippen molar-refractivity contribution in [2.45, 2.75) is 5.03 Å². The Hall–Kier alpha value is -2.42. The molecule has 2 aromatic rings. The maximum absolute atomic E-state index is 12.0. The van der Waals surface area contributed by atoms with Gasteiger partial charge in [0.2, 0.25) is 5.91 Å². The summed E-state index contributed by atoms with van der Waals surface area (Å²) < 4.78 is 16.1. The van der Waals surface area contributed by atoms with Crippen molar-refractivity contribution in [3.8, 4) is 17.4 Å². The van der Waals surface area contributed by atoms with Gasteiger partial charge < -0.3 is 24.4 Å². The van der Waals surface area contributed by atoms with Crippen LogP contribution in [0.15, 0.2) is 27.7 Å². The van der Waals surface area contributed by atoms with Gasteiger partial charge in [-0.2, -0.15) is 0 Å². The standard InChI is InChI=1S/C13H15N3O5S/c1-16-12(13(18)21-15-16)22-7-11(17)14-9-6-8(19-2)4-5-10(9)20-3/h4-6H,7H2,1-3H3,(H-,14,15,17,18). The Balaban J connectivity index is 2.03. The number of anilines is 1. The van der Waals surface area contributed by atoms with Gasteiger partial charge in [0.1, 0.15) is 11.5 Å². The number of aryl methyl sites for hydroxylation is 1. The summed E-state index contributed by atoms with van der Waals surface area (Å²) in [7, 11) is 4.61. The van der Waals surface area contributed by atoms with E-state index in [1.165, 1.54) is 18.9 Å². The van der Waals surface area contributed by atoms with Crippen LogP contribution >= 0.6 is 11.8 Å². The first-order chi connectivity index (χ1) is 10.5. The highest BCUT2D eigenvalue weighted by atomic mass is 32.2. The minimum absolute atomic E-state index is 0.0324. The minimum atomic E-state index is -0.570. The molecule has 1 N–H and O–H groups in total. The lowest BCUT2D eigenvalue weighted by Gasteiger charge is -2.11. The molecular weight excluding hydrogens is 310 g/mol. The molecule has 0 atom stereocenters. The molecule has 118 valence electrons. The Bertz CT molecular complexity index is 654. The van der Waals surface area contributed by atoms with Gasteiger partial charge in [-0.3, -0.25) is 4.79 Å². The number of nitrogens with one attached hydrogen (secondary N) is 1. The number of carbonyl (C=O) groups excluding carboxylic acids is 1. The van der Waals surface area contributed by atoms with Crippen LogP contribution < -0.4 is 24.6 Å². The molecule has 8 nitrogen and oxygen atoms in total. The Morgan fingerprint density at radius 3 is 2.82 bits per heavy atom. The van der Waals surface area contributed by atoms with E-state index in [0.717, 1.165) is 11.8 Å². The predicted molar refractivity (Wildman–Crippen MR) is 76.0 cm³/mol. The monoisotopic (exact) mass is 325 g/mol. The second-order valence-corrected chi connectivity index (χ2v) is 5.16. The number of amides is 1. The van der Waals surface area contributed by atoms with E-state index >= 15 is 0 Å². The van der Waals surface area contributed by atoms with Crippen LogP contribution in [-0.4, -0.2) is 31.2 Å². The molecule has 1 amide bonds. The molecule has 0 saturated carbocycles. The first-order valence-electron chi connectivity index (χ1n) is 6.22. The van der Waals surface area contributed by atoms with Crippen LogP contribution in [0.4, 0.5) is 5.69 Å². The van der Waals surface area contributed by atoms with Gasteiger partial charge in [-0.05, 0) is 23.9 Å². The Kier molecular flexibility index (Phi) is 5.10. The topological polar surface area (TPSA) is 101 Å². The number of hydrogen-bond donors (Lipinski definition) is 1. The molecule has 22 heavy (non-hydrogen) atoms. The summed E-state index contributed by atoms with van der Waals surface area (Å²) in [5.41, 5.74) is 0.490. The normalized spacial score (nSPS) is 10.3. The number of rotatable bonds is 6. The summed E-state index contributed by atoms with van der Waals surface area (Å²) in [6, 6.07) is 5.07. The van der Waals surface area contributed by atoms with Crippen LogP contribution in [0.25, 0.3) is 0 Å². The summed E-state index contributed by atoms with van der Waals surface area (Å²) in [5, 5.41) is 17.8. The molecule has 0 unspecified atom stereocenters. The molecular formula is C13H15N3O5S. The van der Waals surface area contributed by atoms with E-state index in [0.29, 0.717) is 17.2 Å². The van der Waals surface area contributed by atoms with Gasteiger partial charge in [0.05, 0.1) is 30.9 Å². The molecule has 0 saturated heterocycles. The van der Waals surface area contributed by atoms with Crippen LogP contribution in [0.3, 0.4) is 0 Å². The maximum atomic E-state index is 12.0. The molecule has 0 aliphatic rings. The zero-order chi connectivity index (χ0) is 16.1. The highest BCUT2D eigenvalue weighted by Gasteiger charge is 2.17. The average molecular weight is 325 g/mol. The molecule has 0 spiro atoms. The van der Waals surface area contributed by atoms with E-state index in [9.17, 15) is 9.90 Å². The molecule has 9 heteroatoms. The summed E-state index contributed by atoms with van der Waals surface area (Å²) in [5.74, 6) is 0.275. The van der Waals surface area contributed by atoms with Crippen molar-refractivity contribution in [2.24, 2.45) is 7.05 Å². The number of ether oxygens (including phenoxy) is 2. The van der Waals surface area contributed by atoms with Crippen LogP contribution in [0.1, 0.15) is 0 Å². The van der Waals surface area contributed by atoms with Gasteiger partial charge in [-0.15, -0.1) is 0 Å². The van der Waals surface area contributed by atoms with Gasteiger partial charge in [0, 0.05) is 6.07 Å². The van der Waals surface area contributed by atoms with Crippen molar-refractivity contribution in [1.29, 1.82) is 0 Å². The van der Waals surface area contributed by atoms with Crippen molar-refractivity contribution in [3.63, 3.8) is 0 Å². The fourth-order valence-electron chi connectivity index (χ4n) is 1.69. The highest BCUT2D eigenvalue weighted by Crippen LogP contribution is 2.29. The molecule has 1 aromatic carbocycles. The first kappa shape index (κ1) is 16.0. The maximum Gasteiger partial charge on any atom is 0.291 e. The molecule has 1 aromatic heterocycles. The van der Waals surface area contributed by atoms with E-state index in [2.05, 4.69) is 15.1 Å². The smallest absolute Gasteiger partial charge is 0.291 e. The number of carbonyl (C=O) groups is 1. The van der Waals surface area contributed by atoms with Crippen LogP contribution in [0, 0.1) is 0 Å². The van der Waals surface area contributed by atoms with Crippen molar-refractivity contribution in [3.05, 3.63) is 18.2 Å². The molecule has 1 heterocycles. The third-order valence-electron chi connectivity index (χ3n) is 2.74. The van der Waals surface area contributed by atoms with Crippen LogP contribution in [0.5, 0.6) is 17.4 Å². The molecule has 0 fully saturated rings. The van der Waals surface area contributed by atoms with Crippen molar-refractivity contribution < 1.29 is 28.6 Å². The van der Waals surface area contributed by atoms with E-state index < -0.39 is 5.95 Å². The van der Waals surface area contributed by atoms with Crippen molar-refractivity contribution >= 4 is 23.4 Å². The molecule has 0 aliphatic heterocycles. The highest BCUT2D eigenvalue weighted by molar-refractivity contribution is 7.99. The van der Waals surface area contributed by atoms with Gasteiger partial charge >= 0.3 is 0 Å². The number of nitrogens with zero attached hydrogens (tertiary/aromatic N) is 2. The Morgan fingerprint density at radius 1 is 1.45 bits per heavy atom. The van der Waals surface area contributed by atoms with Crippen LogP contribution in [0.2, 0.25) is 0 Å². The summed E-state index contributed by atoms with van der Waals surface area (Å²) in [6.45, 7) is 0. The fourth-order valence-corrected chi connectivity index (χ4v) is 2.41. The van der Waals surface area contributed by atoms with Crippen molar-refractivity contribution in [1.82, 2.24) is 5.27 Å². The van der Waals surface area contributed by atoms with Gasteiger partial charge in [0.25, 0.3) is 5.03 Å².